The molecule has 0 aromatic carbocycles. The molecule has 1 heterocycles. The quantitative estimate of drug-likeness (QED) is 0.750. The van der Waals surface area contributed by atoms with Crippen molar-refractivity contribution in [2.45, 2.75) is 39.7 Å². The lowest BCUT2D eigenvalue weighted by atomic mass is 9.95. The van der Waals surface area contributed by atoms with Crippen molar-refractivity contribution in [3.63, 3.8) is 0 Å². The van der Waals surface area contributed by atoms with Gasteiger partial charge in [0.1, 0.15) is 0 Å². The van der Waals surface area contributed by atoms with Crippen molar-refractivity contribution < 1.29 is 9.53 Å². The van der Waals surface area contributed by atoms with Crippen LogP contribution in [0.2, 0.25) is 0 Å². The number of nitrogens with one attached hydrogen (secondary N) is 1. The van der Waals surface area contributed by atoms with Gasteiger partial charge in [-0.1, -0.05) is 20.8 Å². The van der Waals surface area contributed by atoms with Crippen LogP contribution in [0, 0.1) is 11.8 Å². The van der Waals surface area contributed by atoms with E-state index in [-0.39, 0.29) is 5.92 Å². The predicted octanol–water partition coefficient (Wildman–Crippen LogP) is 1.51. The Labute approximate surface area is 111 Å². The summed E-state index contributed by atoms with van der Waals surface area (Å²) in [7, 11) is 1.69. The number of amides is 1. The molecule has 18 heavy (non-hydrogen) atoms. The molecule has 0 aliphatic carbocycles. The highest BCUT2D eigenvalue weighted by molar-refractivity contribution is 5.80. The smallest absolute Gasteiger partial charge is 0.227 e. The Bertz CT molecular complexity index is 254. The van der Waals surface area contributed by atoms with E-state index in [0.717, 1.165) is 25.9 Å². The summed E-state index contributed by atoms with van der Waals surface area (Å²) in [4.78, 5) is 14.7. The second-order valence-electron chi connectivity index (χ2n) is 5.24. The Hall–Kier alpha value is -0.610. The molecule has 1 N–H and O–H groups in total. The fourth-order valence-electron chi connectivity index (χ4n) is 2.75. The molecule has 0 radical (unpaired) electrons. The largest absolute Gasteiger partial charge is 0.383 e. The number of ether oxygens (including phenoxy) is 1. The van der Waals surface area contributed by atoms with Gasteiger partial charge in [-0.15, -0.1) is 0 Å². The minimum atomic E-state index is 0.141. The summed E-state index contributed by atoms with van der Waals surface area (Å²) in [6.45, 7) is 9.57. The lowest BCUT2D eigenvalue weighted by molar-refractivity contribution is -0.139. The summed E-state index contributed by atoms with van der Waals surface area (Å²) in [5.41, 5.74) is 0. The van der Waals surface area contributed by atoms with E-state index in [1.165, 1.54) is 0 Å². The Morgan fingerprint density at radius 2 is 2.06 bits per heavy atom. The Morgan fingerprint density at radius 1 is 1.39 bits per heavy atom. The first-order valence-electron chi connectivity index (χ1n) is 7.15. The van der Waals surface area contributed by atoms with Crippen LogP contribution in [-0.4, -0.2) is 50.2 Å². The zero-order chi connectivity index (χ0) is 13.5. The zero-order valence-electron chi connectivity index (χ0n) is 12.2. The van der Waals surface area contributed by atoms with Gasteiger partial charge in [0.05, 0.1) is 12.5 Å². The van der Waals surface area contributed by atoms with Crippen molar-refractivity contribution in [1.29, 1.82) is 0 Å². The third kappa shape index (κ3) is 3.69. The van der Waals surface area contributed by atoms with E-state index in [1.807, 2.05) is 4.90 Å². The summed E-state index contributed by atoms with van der Waals surface area (Å²) in [6, 6.07) is 0.348. The van der Waals surface area contributed by atoms with Gasteiger partial charge in [-0.2, -0.15) is 0 Å². The minimum Gasteiger partial charge on any atom is -0.383 e. The van der Waals surface area contributed by atoms with Crippen molar-refractivity contribution in [2.75, 3.05) is 33.4 Å². The van der Waals surface area contributed by atoms with Crippen LogP contribution in [0.1, 0.15) is 33.6 Å². The Kier molecular flexibility index (Phi) is 6.65. The molecule has 106 valence electrons. The highest BCUT2D eigenvalue weighted by Gasteiger charge is 2.34. The van der Waals surface area contributed by atoms with Crippen LogP contribution in [0.4, 0.5) is 0 Å². The van der Waals surface area contributed by atoms with Crippen LogP contribution in [-0.2, 0) is 9.53 Å². The fraction of sp³-hybridized carbons (Fsp3) is 0.929. The number of hydrogen-bond acceptors (Lipinski definition) is 3. The molecule has 0 saturated carbocycles. The second-order valence-corrected chi connectivity index (χ2v) is 5.24. The third-order valence-electron chi connectivity index (χ3n) is 4.04. The van der Waals surface area contributed by atoms with Crippen LogP contribution >= 0.6 is 0 Å². The topological polar surface area (TPSA) is 41.6 Å². The molecule has 0 spiro atoms. The van der Waals surface area contributed by atoms with Gasteiger partial charge in [0, 0.05) is 26.2 Å². The molecular formula is C14H28N2O2. The first-order chi connectivity index (χ1) is 8.65. The van der Waals surface area contributed by atoms with Gasteiger partial charge in [0.15, 0.2) is 0 Å². The summed E-state index contributed by atoms with van der Waals surface area (Å²) in [5.74, 6) is 0.887. The number of rotatable bonds is 7. The second kappa shape index (κ2) is 7.74. The van der Waals surface area contributed by atoms with Crippen LogP contribution in [0.15, 0.2) is 0 Å². The van der Waals surface area contributed by atoms with E-state index in [4.69, 9.17) is 4.74 Å². The SMILES string of the molecule is CCC(CC)N(CCOC)C(=O)[C@@H]1CNC[C@H]1C. The van der Waals surface area contributed by atoms with Crippen molar-refractivity contribution in [2.24, 2.45) is 11.8 Å². The molecule has 1 fully saturated rings. The molecule has 1 saturated heterocycles. The molecule has 1 amide bonds. The average Bonchev–Trinajstić information content (AvgIpc) is 2.80. The predicted molar refractivity (Wildman–Crippen MR) is 73.5 cm³/mol. The van der Waals surface area contributed by atoms with Crippen molar-refractivity contribution in [3.8, 4) is 0 Å². The normalized spacial score (nSPS) is 23.6. The van der Waals surface area contributed by atoms with E-state index in [2.05, 4.69) is 26.1 Å². The standard InChI is InChI=1S/C14H28N2O2/c1-5-12(6-2)16(7-8-18-4)14(17)13-10-15-9-11(13)3/h11-13,15H,5-10H2,1-4H3/t11-,13-/m1/s1. The number of hydrogen-bond donors (Lipinski definition) is 1. The summed E-state index contributed by atoms with van der Waals surface area (Å²) in [5, 5.41) is 3.31. The van der Waals surface area contributed by atoms with Gasteiger partial charge in [0.25, 0.3) is 0 Å². The number of carbonyl (C=O) groups is 1. The minimum absolute atomic E-state index is 0.141. The number of nitrogens with zero attached hydrogens (tertiary/aromatic N) is 1. The van der Waals surface area contributed by atoms with E-state index in [9.17, 15) is 4.79 Å². The van der Waals surface area contributed by atoms with E-state index in [1.54, 1.807) is 7.11 Å². The van der Waals surface area contributed by atoms with Gasteiger partial charge >= 0.3 is 0 Å². The van der Waals surface area contributed by atoms with Gasteiger partial charge in [-0.05, 0) is 25.3 Å². The van der Waals surface area contributed by atoms with Crippen molar-refractivity contribution >= 4 is 5.91 Å². The Morgan fingerprint density at radius 3 is 2.50 bits per heavy atom. The van der Waals surface area contributed by atoms with Crippen molar-refractivity contribution in [1.82, 2.24) is 10.2 Å². The summed E-state index contributed by atoms with van der Waals surface area (Å²) in [6.07, 6.45) is 2.03. The van der Waals surface area contributed by atoms with Crippen LogP contribution in [0.5, 0.6) is 0 Å². The van der Waals surface area contributed by atoms with Crippen molar-refractivity contribution in [3.05, 3.63) is 0 Å². The highest BCUT2D eigenvalue weighted by Crippen LogP contribution is 2.21. The maximum atomic E-state index is 12.7. The van der Waals surface area contributed by atoms with Crippen LogP contribution in [0.25, 0.3) is 0 Å². The molecule has 0 aromatic heterocycles. The fourth-order valence-corrected chi connectivity index (χ4v) is 2.75. The summed E-state index contributed by atoms with van der Waals surface area (Å²) >= 11 is 0. The molecule has 0 bridgehead atoms. The van der Waals surface area contributed by atoms with Gasteiger partial charge in [-0.25, -0.2) is 0 Å². The number of carbonyl (C=O) groups excluding carboxylic acids is 1. The maximum Gasteiger partial charge on any atom is 0.227 e. The van der Waals surface area contributed by atoms with Gasteiger partial charge < -0.3 is 15.0 Å². The van der Waals surface area contributed by atoms with Crippen LogP contribution < -0.4 is 5.32 Å². The molecule has 1 aliphatic rings. The monoisotopic (exact) mass is 256 g/mol. The molecule has 1 aliphatic heterocycles. The highest BCUT2D eigenvalue weighted by atomic mass is 16.5. The van der Waals surface area contributed by atoms with Crippen LogP contribution in [0.3, 0.4) is 0 Å². The first-order valence-corrected chi connectivity index (χ1v) is 7.15. The lowest BCUT2D eigenvalue weighted by Gasteiger charge is -2.33. The number of methoxy groups -OCH3 is 1. The lowest BCUT2D eigenvalue weighted by Crippen LogP contribution is -2.46. The molecule has 0 unspecified atom stereocenters. The van der Waals surface area contributed by atoms with E-state index >= 15 is 0 Å². The molecule has 1 rings (SSSR count). The Balaban J connectivity index is 2.70. The first kappa shape index (κ1) is 15.4. The molecule has 4 nitrogen and oxygen atoms in total. The molecule has 4 heteroatoms. The molecule has 0 aromatic rings. The zero-order valence-corrected chi connectivity index (χ0v) is 12.2. The van der Waals surface area contributed by atoms with E-state index in [0.29, 0.717) is 31.0 Å². The van der Waals surface area contributed by atoms with Gasteiger partial charge in [-0.3, -0.25) is 4.79 Å². The molecule has 2 atom stereocenters. The molecular weight excluding hydrogens is 228 g/mol. The average molecular weight is 256 g/mol. The van der Waals surface area contributed by atoms with E-state index < -0.39 is 0 Å². The third-order valence-corrected chi connectivity index (χ3v) is 4.04. The maximum absolute atomic E-state index is 12.7. The summed E-state index contributed by atoms with van der Waals surface area (Å²) < 4.78 is 5.14. The van der Waals surface area contributed by atoms with Gasteiger partial charge in [0.2, 0.25) is 5.91 Å².